The molecule has 1 aromatic rings. The number of morpholine rings is 1. The van der Waals surface area contributed by atoms with Crippen LogP contribution < -0.4 is 5.32 Å². The van der Waals surface area contributed by atoms with Crippen LogP contribution in [0.3, 0.4) is 0 Å². The van der Waals surface area contributed by atoms with Gasteiger partial charge in [-0.3, -0.25) is 4.90 Å². The lowest BCUT2D eigenvalue weighted by atomic mass is 10.2. The van der Waals surface area contributed by atoms with Gasteiger partial charge in [-0.25, -0.2) is 0 Å². The van der Waals surface area contributed by atoms with E-state index < -0.39 is 0 Å². The Morgan fingerprint density at radius 2 is 2.59 bits per heavy atom. The molecule has 17 heavy (non-hydrogen) atoms. The molecule has 2 saturated heterocycles. The van der Waals surface area contributed by atoms with Crippen LogP contribution >= 0.6 is 11.5 Å². The van der Waals surface area contributed by atoms with Crippen LogP contribution in [0, 0.1) is 0 Å². The van der Waals surface area contributed by atoms with E-state index >= 15 is 0 Å². The molecule has 94 valence electrons. The monoisotopic (exact) mass is 254 g/mol. The number of nitrogens with zero attached hydrogens (tertiary/aromatic N) is 3. The highest BCUT2D eigenvalue weighted by molar-refractivity contribution is 7.03. The van der Waals surface area contributed by atoms with Gasteiger partial charge in [-0.15, -0.1) is 5.10 Å². The zero-order valence-electron chi connectivity index (χ0n) is 9.84. The SMILES string of the molecule is c1snnc1CNCC1CN2CCCC2CO1. The minimum absolute atomic E-state index is 0.330. The Labute approximate surface area is 105 Å². The van der Waals surface area contributed by atoms with Gasteiger partial charge in [0.1, 0.15) is 0 Å². The van der Waals surface area contributed by atoms with E-state index in [9.17, 15) is 0 Å². The molecule has 2 fully saturated rings. The van der Waals surface area contributed by atoms with Crippen molar-refractivity contribution >= 4 is 11.5 Å². The number of aromatic nitrogens is 2. The van der Waals surface area contributed by atoms with Gasteiger partial charge < -0.3 is 10.1 Å². The minimum atomic E-state index is 0.330. The van der Waals surface area contributed by atoms with Crippen LogP contribution in [0.4, 0.5) is 0 Å². The van der Waals surface area contributed by atoms with Crippen LogP contribution in [0.5, 0.6) is 0 Å². The predicted octanol–water partition coefficient (Wildman–Crippen LogP) is 0.491. The van der Waals surface area contributed by atoms with Crippen molar-refractivity contribution in [3.63, 3.8) is 0 Å². The fourth-order valence-corrected chi connectivity index (χ4v) is 3.08. The first-order valence-electron chi connectivity index (χ1n) is 6.24. The summed E-state index contributed by atoms with van der Waals surface area (Å²) in [5.74, 6) is 0. The van der Waals surface area contributed by atoms with Gasteiger partial charge in [0, 0.05) is 31.1 Å². The third kappa shape index (κ3) is 2.82. The Balaban J connectivity index is 1.40. The van der Waals surface area contributed by atoms with Gasteiger partial charge in [-0.2, -0.15) is 0 Å². The molecule has 2 atom stereocenters. The molecule has 6 heteroatoms. The van der Waals surface area contributed by atoms with Crippen LogP contribution in [0.1, 0.15) is 18.5 Å². The third-order valence-electron chi connectivity index (χ3n) is 3.54. The van der Waals surface area contributed by atoms with Crippen molar-refractivity contribution in [2.24, 2.45) is 0 Å². The zero-order chi connectivity index (χ0) is 11.5. The quantitative estimate of drug-likeness (QED) is 0.847. The van der Waals surface area contributed by atoms with Crippen LogP contribution in [-0.2, 0) is 11.3 Å². The van der Waals surface area contributed by atoms with Gasteiger partial charge in [-0.05, 0) is 30.9 Å². The summed E-state index contributed by atoms with van der Waals surface area (Å²) in [6, 6.07) is 0.689. The molecule has 2 aliphatic heterocycles. The fourth-order valence-electron chi connectivity index (χ4n) is 2.63. The molecule has 2 unspecified atom stereocenters. The van der Waals surface area contributed by atoms with E-state index in [1.807, 2.05) is 5.38 Å². The van der Waals surface area contributed by atoms with Crippen molar-refractivity contribution in [2.45, 2.75) is 31.5 Å². The van der Waals surface area contributed by atoms with Crippen molar-refractivity contribution in [1.29, 1.82) is 0 Å². The van der Waals surface area contributed by atoms with Crippen LogP contribution in [0.25, 0.3) is 0 Å². The highest BCUT2D eigenvalue weighted by Gasteiger charge is 2.31. The van der Waals surface area contributed by atoms with Gasteiger partial charge in [0.25, 0.3) is 0 Å². The third-order valence-corrected chi connectivity index (χ3v) is 4.10. The second-order valence-corrected chi connectivity index (χ2v) is 5.38. The van der Waals surface area contributed by atoms with Crippen LogP contribution in [-0.4, -0.2) is 52.9 Å². The van der Waals surface area contributed by atoms with E-state index in [0.29, 0.717) is 12.1 Å². The number of hydrogen-bond acceptors (Lipinski definition) is 6. The first-order valence-corrected chi connectivity index (χ1v) is 7.08. The fraction of sp³-hybridized carbons (Fsp3) is 0.818. The van der Waals surface area contributed by atoms with Crippen LogP contribution in [0.15, 0.2) is 5.38 Å². The predicted molar refractivity (Wildman–Crippen MR) is 66.0 cm³/mol. The second kappa shape index (κ2) is 5.39. The molecule has 1 aromatic heterocycles. The maximum Gasteiger partial charge on any atom is 0.0893 e. The Bertz CT molecular complexity index is 345. The molecule has 0 spiro atoms. The maximum absolute atomic E-state index is 5.87. The summed E-state index contributed by atoms with van der Waals surface area (Å²) in [6.07, 6.45) is 2.97. The lowest BCUT2D eigenvalue weighted by Gasteiger charge is -2.35. The average Bonchev–Trinajstić information content (AvgIpc) is 2.98. The van der Waals surface area contributed by atoms with Gasteiger partial charge in [0.05, 0.1) is 18.4 Å². The zero-order valence-corrected chi connectivity index (χ0v) is 10.7. The molecule has 5 nitrogen and oxygen atoms in total. The summed E-state index contributed by atoms with van der Waals surface area (Å²) in [7, 11) is 0. The van der Waals surface area contributed by atoms with Crippen molar-refractivity contribution in [1.82, 2.24) is 19.8 Å². The largest absolute Gasteiger partial charge is 0.374 e. The van der Waals surface area contributed by atoms with Crippen molar-refractivity contribution in [3.05, 3.63) is 11.1 Å². The smallest absolute Gasteiger partial charge is 0.0893 e. The number of nitrogens with one attached hydrogen (secondary N) is 1. The molecule has 0 saturated carbocycles. The summed E-state index contributed by atoms with van der Waals surface area (Å²) in [6.45, 7) is 4.93. The Kier molecular flexibility index (Phi) is 3.65. The molecule has 0 radical (unpaired) electrons. The second-order valence-electron chi connectivity index (χ2n) is 4.77. The number of hydrogen-bond donors (Lipinski definition) is 1. The highest BCUT2D eigenvalue weighted by Crippen LogP contribution is 2.22. The first kappa shape index (κ1) is 11.5. The Hall–Kier alpha value is -0.560. The molecule has 2 aliphatic rings. The molecule has 0 aliphatic carbocycles. The number of rotatable bonds is 4. The van der Waals surface area contributed by atoms with E-state index in [0.717, 1.165) is 31.9 Å². The van der Waals surface area contributed by atoms with Gasteiger partial charge in [-0.1, -0.05) is 4.49 Å². The van der Waals surface area contributed by atoms with Crippen molar-refractivity contribution in [2.75, 3.05) is 26.2 Å². The molecule has 0 bridgehead atoms. The topological polar surface area (TPSA) is 50.3 Å². The number of fused-ring (bicyclic) bond motifs is 1. The normalized spacial score (nSPS) is 29.4. The van der Waals surface area contributed by atoms with E-state index in [4.69, 9.17) is 4.74 Å². The van der Waals surface area contributed by atoms with Crippen LogP contribution in [0.2, 0.25) is 0 Å². The van der Waals surface area contributed by atoms with Crippen molar-refractivity contribution < 1.29 is 4.74 Å². The summed E-state index contributed by atoms with van der Waals surface area (Å²) in [5, 5.41) is 9.37. The molecule has 1 N–H and O–H groups in total. The highest BCUT2D eigenvalue weighted by atomic mass is 32.1. The Morgan fingerprint density at radius 1 is 1.59 bits per heavy atom. The van der Waals surface area contributed by atoms with Gasteiger partial charge in [0.15, 0.2) is 0 Å². The molecule has 3 rings (SSSR count). The maximum atomic E-state index is 5.87. The van der Waals surface area contributed by atoms with E-state index in [2.05, 4.69) is 19.8 Å². The lowest BCUT2D eigenvalue weighted by Crippen LogP contribution is -2.49. The summed E-state index contributed by atoms with van der Waals surface area (Å²) >= 11 is 1.40. The summed E-state index contributed by atoms with van der Waals surface area (Å²) in [5.41, 5.74) is 1.02. The minimum Gasteiger partial charge on any atom is -0.374 e. The standard InChI is InChI=1S/C11H18N4OS/c1-2-10-7-16-11(6-15(10)3-1)5-12-4-9-8-17-14-13-9/h8,10-12H,1-7H2. The van der Waals surface area contributed by atoms with E-state index in [-0.39, 0.29) is 0 Å². The first-order chi connectivity index (χ1) is 8.42. The molecular weight excluding hydrogens is 236 g/mol. The molecule has 0 amide bonds. The van der Waals surface area contributed by atoms with E-state index in [1.54, 1.807) is 0 Å². The molecule has 3 heterocycles. The van der Waals surface area contributed by atoms with Gasteiger partial charge in [0.2, 0.25) is 0 Å². The van der Waals surface area contributed by atoms with Crippen molar-refractivity contribution in [3.8, 4) is 0 Å². The molecular formula is C11H18N4OS. The van der Waals surface area contributed by atoms with E-state index in [1.165, 1.54) is 30.9 Å². The van der Waals surface area contributed by atoms with Gasteiger partial charge >= 0.3 is 0 Å². The molecule has 0 aromatic carbocycles. The number of ether oxygens (including phenoxy) is 1. The Morgan fingerprint density at radius 3 is 3.47 bits per heavy atom. The summed E-state index contributed by atoms with van der Waals surface area (Å²) < 4.78 is 9.72. The average molecular weight is 254 g/mol. The lowest BCUT2D eigenvalue weighted by molar-refractivity contribution is -0.0470. The summed E-state index contributed by atoms with van der Waals surface area (Å²) in [4.78, 5) is 2.57.